The molecule has 1 aliphatic heterocycles. The summed E-state index contributed by atoms with van der Waals surface area (Å²) >= 11 is 0. The Labute approximate surface area is 225 Å². The zero-order valence-electron chi connectivity index (χ0n) is 22.9. The fourth-order valence-electron chi connectivity index (χ4n) is 4.55. The van der Waals surface area contributed by atoms with E-state index >= 15 is 0 Å². The second kappa shape index (κ2) is 12.7. The van der Waals surface area contributed by atoms with Crippen molar-refractivity contribution in [2.75, 3.05) is 19.9 Å². The molecule has 0 bridgehead atoms. The number of carbonyl (C=O) groups is 2. The van der Waals surface area contributed by atoms with Crippen LogP contribution < -0.4 is 9.47 Å². The molecular weight excluding hydrogens is 480 g/mol. The van der Waals surface area contributed by atoms with Crippen molar-refractivity contribution >= 4 is 11.8 Å². The molecule has 7 heteroatoms. The van der Waals surface area contributed by atoms with Crippen LogP contribution >= 0.6 is 0 Å². The fourth-order valence-corrected chi connectivity index (χ4v) is 4.55. The van der Waals surface area contributed by atoms with Gasteiger partial charge in [0.1, 0.15) is 18.1 Å². The number of ether oxygens (including phenoxy) is 2. The summed E-state index contributed by atoms with van der Waals surface area (Å²) in [6.45, 7) is 9.47. The first-order valence-electron chi connectivity index (χ1n) is 13.4. The van der Waals surface area contributed by atoms with E-state index in [9.17, 15) is 9.59 Å². The quantitative estimate of drug-likeness (QED) is 0.295. The highest BCUT2D eigenvalue weighted by Gasteiger charge is 2.25. The number of hydrogen-bond donors (Lipinski definition) is 0. The first-order valence-corrected chi connectivity index (χ1v) is 13.4. The molecule has 0 atom stereocenters. The van der Waals surface area contributed by atoms with Crippen molar-refractivity contribution in [2.24, 2.45) is 5.92 Å². The van der Waals surface area contributed by atoms with E-state index in [0.29, 0.717) is 42.5 Å². The lowest BCUT2D eigenvalue weighted by Crippen LogP contribution is -2.43. The van der Waals surface area contributed by atoms with Crippen molar-refractivity contribution in [1.29, 1.82) is 0 Å². The number of carbonyl (C=O) groups excluding carboxylic acids is 2. The minimum absolute atomic E-state index is 0.0150. The Bertz CT molecular complexity index is 1230. The van der Waals surface area contributed by atoms with Gasteiger partial charge in [-0.25, -0.2) is 0 Å². The average Bonchev–Trinajstić information content (AvgIpc) is 3.54. The van der Waals surface area contributed by atoms with Crippen molar-refractivity contribution < 1.29 is 23.5 Å². The van der Waals surface area contributed by atoms with Gasteiger partial charge in [0.05, 0.1) is 6.54 Å². The maximum atomic E-state index is 13.7. The largest absolute Gasteiger partial charge is 0.464 e. The third kappa shape index (κ3) is 7.18. The Morgan fingerprint density at radius 1 is 0.895 bits per heavy atom. The van der Waals surface area contributed by atoms with E-state index in [1.54, 1.807) is 9.80 Å². The number of unbranched alkanes of at least 4 members (excludes halogenated alkanes) is 1. The number of fused-ring (bicyclic) bond motifs is 1. The molecule has 2 heterocycles. The highest BCUT2D eigenvalue weighted by molar-refractivity contribution is 5.96. The summed E-state index contributed by atoms with van der Waals surface area (Å²) in [6.07, 6.45) is 3.25. The molecule has 0 saturated heterocycles. The number of rotatable bonds is 12. The van der Waals surface area contributed by atoms with Crippen LogP contribution in [0.1, 0.15) is 66.6 Å². The highest BCUT2D eigenvalue weighted by Crippen LogP contribution is 2.33. The van der Waals surface area contributed by atoms with Crippen LogP contribution in [0.15, 0.2) is 59.0 Å². The topological polar surface area (TPSA) is 72.2 Å². The van der Waals surface area contributed by atoms with Crippen molar-refractivity contribution in [1.82, 2.24) is 9.80 Å². The third-order valence-corrected chi connectivity index (χ3v) is 6.52. The lowest BCUT2D eigenvalue weighted by Gasteiger charge is -2.28. The molecule has 0 saturated carbocycles. The molecule has 0 unspecified atom stereocenters. The van der Waals surface area contributed by atoms with E-state index in [1.807, 2.05) is 61.5 Å². The second-order valence-corrected chi connectivity index (χ2v) is 10.3. The first kappa shape index (κ1) is 27.3. The van der Waals surface area contributed by atoms with E-state index in [4.69, 9.17) is 13.9 Å². The number of furan rings is 1. The summed E-state index contributed by atoms with van der Waals surface area (Å²) in [7, 11) is 0. The molecule has 2 aromatic carbocycles. The van der Waals surface area contributed by atoms with E-state index in [1.165, 1.54) is 5.56 Å². The van der Waals surface area contributed by atoms with Crippen molar-refractivity contribution in [3.05, 3.63) is 82.8 Å². The van der Waals surface area contributed by atoms with Crippen LogP contribution in [-0.2, 0) is 24.3 Å². The van der Waals surface area contributed by atoms with Crippen molar-refractivity contribution in [2.45, 2.75) is 60.0 Å². The Morgan fingerprint density at radius 3 is 2.32 bits per heavy atom. The second-order valence-electron chi connectivity index (χ2n) is 10.3. The normalized spacial score (nSPS) is 12.1. The lowest BCUT2D eigenvalue weighted by atomic mass is 10.1. The molecule has 0 fully saturated rings. The molecule has 4 rings (SSSR count). The SMILES string of the molecule is CCCCc1ccc(C(=O)N(CC(=O)N(Cc2ccc3c(c2)OCO3)Cc2ccc(C)o2)CC(C)C)cc1. The Morgan fingerprint density at radius 2 is 1.63 bits per heavy atom. The zero-order valence-corrected chi connectivity index (χ0v) is 22.9. The summed E-state index contributed by atoms with van der Waals surface area (Å²) < 4.78 is 16.7. The van der Waals surface area contributed by atoms with Gasteiger partial charge in [0.2, 0.25) is 12.7 Å². The maximum absolute atomic E-state index is 13.7. The van der Waals surface area contributed by atoms with Gasteiger partial charge >= 0.3 is 0 Å². The van der Waals surface area contributed by atoms with Crippen LogP contribution in [0.3, 0.4) is 0 Å². The van der Waals surface area contributed by atoms with Crippen LogP contribution in [0.5, 0.6) is 11.5 Å². The van der Waals surface area contributed by atoms with E-state index in [2.05, 4.69) is 20.8 Å². The predicted octanol–water partition coefficient (Wildman–Crippen LogP) is 5.99. The molecule has 38 heavy (non-hydrogen) atoms. The molecule has 202 valence electrons. The number of amides is 2. The van der Waals surface area contributed by atoms with Crippen LogP contribution in [0.25, 0.3) is 0 Å². The predicted molar refractivity (Wildman–Crippen MR) is 146 cm³/mol. The fraction of sp³-hybridized carbons (Fsp3) is 0.419. The summed E-state index contributed by atoms with van der Waals surface area (Å²) in [6, 6.07) is 17.2. The van der Waals surface area contributed by atoms with Gasteiger partial charge < -0.3 is 23.7 Å². The Balaban J connectivity index is 1.52. The average molecular weight is 519 g/mol. The number of nitrogens with zero attached hydrogens (tertiary/aromatic N) is 2. The molecular formula is C31H38N2O5. The minimum atomic E-state index is -0.148. The molecule has 0 N–H and O–H groups in total. The van der Waals surface area contributed by atoms with Crippen LogP contribution in [0.2, 0.25) is 0 Å². The molecule has 7 nitrogen and oxygen atoms in total. The minimum Gasteiger partial charge on any atom is -0.464 e. The van der Waals surface area contributed by atoms with E-state index in [-0.39, 0.29) is 31.1 Å². The highest BCUT2D eigenvalue weighted by atomic mass is 16.7. The van der Waals surface area contributed by atoms with Gasteiger partial charge in [0.15, 0.2) is 11.5 Å². The van der Waals surface area contributed by atoms with Gasteiger partial charge in [-0.05, 0) is 73.2 Å². The molecule has 0 aliphatic carbocycles. The van der Waals surface area contributed by atoms with Crippen molar-refractivity contribution in [3.63, 3.8) is 0 Å². The molecule has 0 radical (unpaired) electrons. The standard InChI is InChI=1S/C31H38N2O5/c1-5-6-7-24-9-12-26(13-10-24)31(35)33(17-22(2)3)20-30(34)32(19-27-14-8-23(4)38-27)18-25-11-15-28-29(16-25)37-21-36-28/h8-16,22H,5-7,17-21H2,1-4H3. The lowest BCUT2D eigenvalue weighted by molar-refractivity contribution is -0.133. The molecule has 3 aromatic rings. The molecule has 0 spiro atoms. The first-order chi connectivity index (χ1) is 18.3. The molecule has 1 aliphatic rings. The summed E-state index contributed by atoms with van der Waals surface area (Å²) in [5.41, 5.74) is 2.73. The maximum Gasteiger partial charge on any atom is 0.254 e. The van der Waals surface area contributed by atoms with Crippen LogP contribution in [-0.4, -0.2) is 41.5 Å². The third-order valence-electron chi connectivity index (χ3n) is 6.52. The molecule has 1 aromatic heterocycles. The van der Waals surface area contributed by atoms with Crippen LogP contribution in [0.4, 0.5) is 0 Å². The van der Waals surface area contributed by atoms with E-state index in [0.717, 1.165) is 30.6 Å². The number of aryl methyl sites for hydroxylation is 2. The smallest absolute Gasteiger partial charge is 0.254 e. The summed E-state index contributed by atoms with van der Waals surface area (Å²) in [5.74, 6) is 2.78. The Hall–Kier alpha value is -3.74. The summed E-state index contributed by atoms with van der Waals surface area (Å²) in [4.78, 5) is 30.6. The van der Waals surface area contributed by atoms with Gasteiger partial charge in [-0.15, -0.1) is 0 Å². The zero-order chi connectivity index (χ0) is 27.1. The van der Waals surface area contributed by atoms with Crippen molar-refractivity contribution in [3.8, 4) is 11.5 Å². The monoisotopic (exact) mass is 518 g/mol. The van der Waals surface area contributed by atoms with Gasteiger partial charge in [-0.2, -0.15) is 0 Å². The summed E-state index contributed by atoms with van der Waals surface area (Å²) in [5, 5.41) is 0. The van der Waals surface area contributed by atoms with Gasteiger partial charge in [0, 0.05) is 18.7 Å². The van der Waals surface area contributed by atoms with Crippen LogP contribution in [0, 0.1) is 12.8 Å². The van der Waals surface area contributed by atoms with Gasteiger partial charge in [-0.1, -0.05) is 45.4 Å². The number of hydrogen-bond acceptors (Lipinski definition) is 5. The Kier molecular flexibility index (Phi) is 9.10. The van der Waals surface area contributed by atoms with E-state index < -0.39 is 0 Å². The molecule has 2 amide bonds. The van der Waals surface area contributed by atoms with Gasteiger partial charge in [0.25, 0.3) is 5.91 Å². The number of benzene rings is 2. The van der Waals surface area contributed by atoms with Gasteiger partial charge in [-0.3, -0.25) is 9.59 Å².